The van der Waals surface area contributed by atoms with E-state index < -0.39 is 5.91 Å². The first-order chi connectivity index (χ1) is 13.0. The lowest BCUT2D eigenvalue weighted by molar-refractivity contribution is 0.102. The number of nitrogens with zero attached hydrogens (tertiary/aromatic N) is 3. The van der Waals surface area contributed by atoms with Crippen LogP contribution in [-0.4, -0.2) is 28.5 Å². The quantitative estimate of drug-likeness (QED) is 0.754. The van der Waals surface area contributed by atoms with E-state index in [1.807, 2.05) is 31.2 Å². The highest BCUT2D eigenvalue weighted by Crippen LogP contribution is 2.23. The van der Waals surface area contributed by atoms with Crippen molar-refractivity contribution in [3.8, 4) is 0 Å². The molecule has 3 rings (SSSR count). The molecule has 0 saturated heterocycles. The van der Waals surface area contributed by atoms with Crippen molar-refractivity contribution in [1.29, 1.82) is 0 Å². The van der Waals surface area contributed by atoms with Gasteiger partial charge in [0.25, 0.3) is 11.5 Å². The van der Waals surface area contributed by atoms with Gasteiger partial charge in [-0.3, -0.25) is 14.2 Å². The minimum Gasteiger partial charge on any atom is -0.372 e. The van der Waals surface area contributed by atoms with Crippen LogP contribution in [0.5, 0.6) is 0 Å². The second-order valence-corrected chi connectivity index (χ2v) is 6.46. The fourth-order valence-electron chi connectivity index (χ4n) is 3.22. The van der Waals surface area contributed by atoms with E-state index in [0.29, 0.717) is 11.3 Å². The van der Waals surface area contributed by atoms with Gasteiger partial charge >= 0.3 is 0 Å². The Balaban J connectivity index is 1.93. The Morgan fingerprint density at radius 3 is 2.59 bits per heavy atom. The highest BCUT2D eigenvalue weighted by Gasteiger charge is 2.16. The van der Waals surface area contributed by atoms with Crippen LogP contribution in [0.3, 0.4) is 0 Å². The minimum absolute atomic E-state index is 0.102. The molecule has 0 spiro atoms. The molecule has 0 bridgehead atoms. The summed E-state index contributed by atoms with van der Waals surface area (Å²) in [7, 11) is 1.62. The fraction of sp³-hybridized carbons (Fsp3) is 0.286. The standard InChI is InChI=1S/C21H24N4O2/c1-5-25(6-2)16-9-10-18(14(3)12-16)23-20(26)17-13-15-8-7-11-22-19(15)24(4)21(17)27/h7-13H,5-6H2,1-4H3,(H,23,26). The number of aromatic nitrogens is 2. The summed E-state index contributed by atoms with van der Waals surface area (Å²) < 4.78 is 1.40. The third-order valence-electron chi connectivity index (χ3n) is 4.80. The van der Waals surface area contributed by atoms with E-state index in [4.69, 9.17) is 0 Å². The van der Waals surface area contributed by atoms with Crippen molar-refractivity contribution in [2.75, 3.05) is 23.3 Å². The van der Waals surface area contributed by atoms with Crippen molar-refractivity contribution in [3.05, 3.63) is 64.1 Å². The second-order valence-electron chi connectivity index (χ2n) is 6.46. The molecule has 0 aliphatic rings. The van der Waals surface area contributed by atoms with Crippen LogP contribution < -0.4 is 15.8 Å². The van der Waals surface area contributed by atoms with Gasteiger partial charge in [0.15, 0.2) is 0 Å². The molecule has 140 valence electrons. The van der Waals surface area contributed by atoms with E-state index in [1.54, 1.807) is 25.4 Å². The molecule has 1 N–H and O–H groups in total. The third kappa shape index (κ3) is 3.56. The summed E-state index contributed by atoms with van der Waals surface area (Å²) >= 11 is 0. The molecule has 0 aliphatic carbocycles. The van der Waals surface area contributed by atoms with E-state index in [1.165, 1.54) is 4.57 Å². The molecule has 27 heavy (non-hydrogen) atoms. The molecule has 0 atom stereocenters. The fourth-order valence-corrected chi connectivity index (χ4v) is 3.22. The number of aryl methyl sites for hydroxylation is 2. The van der Waals surface area contributed by atoms with E-state index in [0.717, 1.165) is 29.7 Å². The van der Waals surface area contributed by atoms with E-state index in [2.05, 4.69) is 29.0 Å². The SMILES string of the molecule is CCN(CC)c1ccc(NC(=O)c2cc3cccnc3n(C)c2=O)c(C)c1. The Kier molecular flexibility index (Phi) is 5.26. The number of anilines is 2. The second kappa shape index (κ2) is 7.61. The van der Waals surface area contributed by atoms with Crippen LogP contribution in [-0.2, 0) is 7.05 Å². The van der Waals surface area contributed by atoms with Gasteiger partial charge in [0.1, 0.15) is 11.2 Å². The zero-order valence-corrected chi connectivity index (χ0v) is 16.1. The van der Waals surface area contributed by atoms with E-state index in [-0.39, 0.29) is 11.1 Å². The highest BCUT2D eigenvalue weighted by molar-refractivity contribution is 6.06. The number of benzene rings is 1. The average molecular weight is 364 g/mol. The zero-order valence-electron chi connectivity index (χ0n) is 16.1. The predicted molar refractivity (Wildman–Crippen MR) is 110 cm³/mol. The van der Waals surface area contributed by atoms with Gasteiger partial charge in [-0.05, 0) is 62.7 Å². The van der Waals surface area contributed by atoms with Crippen LogP contribution in [0.1, 0.15) is 29.8 Å². The number of rotatable bonds is 5. The summed E-state index contributed by atoms with van der Waals surface area (Å²) in [6, 6.07) is 11.1. The van der Waals surface area contributed by atoms with E-state index >= 15 is 0 Å². The number of carbonyl (C=O) groups is 1. The number of fused-ring (bicyclic) bond motifs is 1. The predicted octanol–water partition coefficient (Wildman–Crippen LogP) is 3.34. The first-order valence-electron chi connectivity index (χ1n) is 9.08. The summed E-state index contributed by atoms with van der Waals surface area (Å²) in [4.78, 5) is 31.8. The van der Waals surface area contributed by atoms with Crippen molar-refractivity contribution in [1.82, 2.24) is 9.55 Å². The molecule has 0 fully saturated rings. The maximum absolute atomic E-state index is 12.8. The van der Waals surface area contributed by atoms with Gasteiger partial charge in [-0.2, -0.15) is 0 Å². The maximum atomic E-state index is 12.8. The number of pyridine rings is 2. The van der Waals surface area contributed by atoms with Crippen molar-refractivity contribution in [2.24, 2.45) is 7.05 Å². The van der Waals surface area contributed by atoms with Gasteiger partial charge in [0, 0.05) is 43.1 Å². The zero-order chi connectivity index (χ0) is 19.6. The lowest BCUT2D eigenvalue weighted by Gasteiger charge is -2.22. The molecular weight excluding hydrogens is 340 g/mol. The van der Waals surface area contributed by atoms with Crippen molar-refractivity contribution in [3.63, 3.8) is 0 Å². The van der Waals surface area contributed by atoms with Crippen molar-refractivity contribution in [2.45, 2.75) is 20.8 Å². The Morgan fingerprint density at radius 1 is 1.19 bits per heavy atom. The van der Waals surface area contributed by atoms with Crippen LogP contribution in [0, 0.1) is 6.92 Å². The Bertz CT molecular complexity index is 1050. The van der Waals surface area contributed by atoms with Crippen molar-refractivity contribution < 1.29 is 4.79 Å². The molecule has 2 heterocycles. The maximum Gasteiger partial charge on any atom is 0.264 e. The van der Waals surface area contributed by atoms with Gasteiger partial charge in [-0.1, -0.05) is 0 Å². The van der Waals surface area contributed by atoms with Gasteiger partial charge in [-0.15, -0.1) is 0 Å². The van der Waals surface area contributed by atoms with Crippen LogP contribution in [0.25, 0.3) is 11.0 Å². The number of hydrogen-bond acceptors (Lipinski definition) is 4. The first-order valence-corrected chi connectivity index (χ1v) is 9.08. The molecule has 2 aromatic heterocycles. The van der Waals surface area contributed by atoms with Gasteiger partial charge in [0.2, 0.25) is 0 Å². The summed E-state index contributed by atoms with van der Waals surface area (Å²) in [6.07, 6.45) is 1.63. The molecule has 6 heteroatoms. The largest absolute Gasteiger partial charge is 0.372 e. The van der Waals surface area contributed by atoms with Gasteiger partial charge in [0.05, 0.1) is 0 Å². The van der Waals surface area contributed by atoms with Crippen LogP contribution in [0.4, 0.5) is 11.4 Å². The number of carbonyl (C=O) groups excluding carboxylic acids is 1. The molecule has 3 aromatic rings. The van der Waals surface area contributed by atoms with Gasteiger partial charge in [-0.25, -0.2) is 4.98 Å². The minimum atomic E-state index is -0.417. The topological polar surface area (TPSA) is 67.2 Å². The van der Waals surface area contributed by atoms with Crippen LogP contribution in [0.2, 0.25) is 0 Å². The molecule has 0 aliphatic heterocycles. The van der Waals surface area contributed by atoms with Crippen molar-refractivity contribution >= 4 is 28.3 Å². The molecule has 0 radical (unpaired) electrons. The molecule has 0 saturated carbocycles. The normalized spacial score (nSPS) is 10.8. The molecule has 0 unspecified atom stereocenters. The summed E-state index contributed by atoms with van der Waals surface area (Å²) in [5.41, 5.74) is 3.06. The monoisotopic (exact) mass is 364 g/mol. The summed E-state index contributed by atoms with van der Waals surface area (Å²) in [6.45, 7) is 8.01. The average Bonchev–Trinajstić information content (AvgIpc) is 2.67. The molecule has 6 nitrogen and oxygen atoms in total. The summed E-state index contributed by atoms with van der Waals surface area (Å²) in [5.74, 6) is -0.417. The first kappa shape index (κ1) is 18.6. The molecule has 1 amide bonds. The molecule has 1 aromatic carbocycles. The third-order valence-corrected chi connectivity index (χ3v) is 4.80. The summed E-state index contributed by atoms with van der Waals surface area (Å²) in [5, 5.41) is 3.62. The highest BCUT2D eigenvalue weighted by atomic mass is 16.2. The van der Waals surface area contributed by atoms with Gasteiger partial charge < -0.3 is 10.2 Å². The van der Waals surface area contributed by atoms with Crippen LogP contribution >= 0.6 is 0 Å². The number of amides is 1. The molecular formula is C21H24N4O2. The number of nitrogens with one attached hydrogen (secondary N) is 1. The lowest BCUT2D eigenvalue weighted by atomic mass is 10.1. The lowest BCUT2D eigenvalue weighted by Crippen LogP contribution is -2.28. The Morgan fingerprint density at radius 2 is 1.93 bits per heavy atom. The Labute approximate surface area is 158 Å². The van der Waals surface area contributed by atoms with E-state index in [9.17, 15) is 9.59 Å². The smallest absolute Gasteiger partial charge is 0.264 e. The Hall–Kier alpha value is -3.15. The van der Waals surface area contributed by atoms with Crippen LogP contribution in [0.15, 0.2) is 47.4 Å². The number of hydrogen-bond donors (Lipinski definition) is 1.